The molecule has 1 aromatic heterocycles. The van der Waals surface area contributed by atoms with Gasteiger partial charge in [0, 0.05) is 43.1 Å². The summed E-state index contributed by atoms with van der Waals surface area (Å²) < 4.78 is 2.09. The zero-order valence-electron chi connectivity index (χ0n) is 20.2. The molecule has 0 spiro atoms. The summed E-state index contributed by atoms with van der Waals surface area (Å²) in [6.45, 7) is 11.1. The largest absolute Gasteiger partial charge is 0.329 e. The first-order valence-electron chi connectivity index (χ1n) is 11.7. The first-order valence-corrected chi connectivity index (χ1v) is 11.7. The molecule has 0 radical (unpaired) electrons. The normalized spacial score (nSPS) is 24.7. The van der Waals surface area contributed by atoms with Crippen molar-refractivity contribution >= 4 is 17.5 Å². The summed E-state index contributed by atoms with van der Waals surface area (Å²) in [6.07, 6.45) is 17.9. The highest BCUT2D eigenvalue weighted by atomic mass is 16.2. The summed E-state index contributed by atoms with van der Waals surface area (Å²) in [6, 6.07) is 0. The van der Waals surface area contributed by atoms with Gasteiger partial charge in [-0.05, 0) is 48.7 Å². The summed E-state index contributed by atoms with van der Waals surface area (Å²) in [4.78, 5) is 29.1. The Balaban J connectivity index is 1.51. The Morgan fingerprint density at radius 1 is 1.15 bits per heavy atom. The smallest absolute Gasteiger partial charge is 0.255 e. The van der Waals surface area contributed by atoms with Crippen LogP contribution in [0.5, 0.6) is 0 Å². The van der Waals surface area contributed by atoms with Crippen molar-refractivity contribution in [2.45, 2.75) is 54.0 Å². The first-order chi connectivity index (χ1) is 15.6. The van der Waals surface area contributed by atoms with Crippen molar-refractivity contribution in [1.29, 1.82) is 0 Å². The zero-order valence-corrected chi connectivity index (χ0v) is 20.2. The lowest BCUT2D eigenvalue weighted by Gasteiger charge is -2.33. The number of carbonyl (C=O) groups excluding carboxylic acids is 2. The van der Waals surface area contributed by atoms with E-state index in [4.69, 9.17) is 0 Å². The number of fused-ring (bicyclic) bond motifs is 1. The number of aromatic nitrogens is 2. The van der Waals surface area contributed by atoms with Gasteiger partial charge in [0.1, 0.15) is 0 Å². The van der Waals surface area contributed by atoms with Gasteiger partial charge in [-0.15, -0.1) is 0 Å². The minimum absolute atomic E-state index is 0.0618. The van der Waals surface area contributed by atoms with Crippen LogP contribution in [0.25, 0.3) is 5.70 Å². The standard InChI is InChI=1S/C27H34N4O2/c1-17-22(20-15-24(29-18(2)32)25-28-13-14-31(25)16-20)7-6-8-23(17)30-26(33)19-9-11-21(12-10-19)27(3,4)5/h6,8-11,13-15,20-22H,7,12,16H2,1-5H3,(H,29,32)(H,30,33). The molecule has 2 heterocycles. The van der Waals surface area contributed by atoms with Crippen LogP contribution in [0.2, 0.25) is 0 Å². The molecular formula is C27H34N4O2. The van der Waals surface area contributed by atoms with Crippen molar-refractivity contribution < 1.29 is 9.59 Å². The van der Waals surface area contributed by atoms with Crippen molar-refractivity contribution in [3.8, 4) is 0 Å². The summed E-state index contributed by atoms with van der Waals surface area (Å²) in [5.74, 6) is 1.47. The van der Waals surface area contributed by atoms with Gasteiger partial charge in [0.2, 0.25) is 5.91 Å². The first kappa shape index (κ1) is 23.0. The molecule has 1 aromatic rings. The van der Waals surface area contributed by atoms with Gasteiger partial charge in [-0.25, -0.2) is 4.98 Å². The fraction of sp³-hybridized carbons (Fsp3) is 0.444. The summed E-state index contributed by atoms with van der Waals surface area (Å²) >= 11 is 0. The van der Waals surface area contributed by atoms with Gasteiger partial charge in [-0.3, -0.25) is 9.59 Å². The fourth-order valence-corrected chi connectivity index (χ4v) is 4.90. The highest BCUT2D eigenvalue weighted by molar-refractivity contribution is 5.97. The van der Waals surface area contributed by atoms with Gasteiger partial charge in [-0.2, -0.15) is 0 Å². The van der Waals surface area contributed by atoms with Gasteiger partial charge in [0.05, 0.1) is 5.70 Å². The Morgan fingerprint density at radius 2 is 1.94 bits per heavy atom. The van der Waals surface area contributed by atoms with E-state index in [1.54, 1.807) is 6.20 Å². The van der Waals surface area contributed by atoms with Crippen LogP contribution in [0.4, 0.5) is 0 Å². The number of hydrogen-bond acceptors (Lipinski definition) is 3. The maximum absolute atomic E-state index is 13.0. The lowest BCUT2D eigenvalue weighted by atomic mass is 9.76. The minimum Gasteiger partial charge on any atom is -0.329 e. The van der Waals surface area contributed by atoms with Gasteiger partial charge in [0.25, 0.3) is 5.91 Å². The number of imidazole rings is 1. The van der Waals surface area contributed by atoms with Gasteiger partial charge in [0.15, 0.2) is 5.82 Å². The molecule has 2 aliphatic carbocycles. The third-order valence-corrected chi connectivity index (χ3v) is 6.95. The molecule has 3 aliphatic rings. The molecule has 0 bridgehead atoms. The Hall–Kier alpha value is -3.15. The molecular weight excluding hydrogens is 412 g/mol. The van der Waals surface area contributed by atoms with E-state index in [9.17, 15) is 9.59 Å². The number of rotatable bonds is 4. The van der Waals surface area contributed by atoms with Crippen LogP contribution in [0.3, 0.4) is 0 Å². The second-order valence-electron chi connectivity index (χ2n) is 10.4. The Bertz CT molecular complexity index is 1110. The predicted octanol–water partition coefficient (Wildman–Crippen LogP) is 4.50. The molecule has 4 rings (SSSR count). The molecule has 2 amide bonds. The SMILES string of the molecule is CC(=O)NC1=CC(C2CC=CC(NC(=O)C3=CCC(C(C)(C)C)C=C3)=C2C)Cn2ccnc21. The predicted molar refractivity (Wildman–Crippen MR) is 130 cm³/mol. The Kier molecular flexibility index (Phi) is 6.28. The maximum Gasteiger partial charge on any atom is 0.255 e. The highest BCUT2D eigenvalue weighted by Crippen LogP contribution is 2.36. The van der Waals surface area contributed by atoms with Crippen LogP contribution in [-0.2, 0) is 16.1 Å². The molecule has 1 aliphatic heterocycles. The van der Waals surface area contributed by atoms with Gasteiger partial charge in [-0.1, -0.05) is 51.2 Å². The molecule has 6 heteroatoms. The molecule has 174 valence electrons. The van der Waals surface area contributed by atoms with E-state index in [0.29, 0.717) is 5.92 Å². The molecule has 3 atom stereocenters. The van der Waals surface area contributed by atoms with Crippen molar-refractivity contribution in [2.24, 2.45) is 23.2 Å². The minimum atomic E-state index is -0.109. The van der Waals surface area contributed by atoms with Crippen LogP contribution in [0, 0.1) is 23.2 Å². The quantitative estimate of drug-likeness (QED) is 0.715. The van der Waals surface area contributed by atoms with E-state index in [-0.39, 0.29) is 29.1 Å². The van der Waals surface area contributed by atoms with Crippen molar-refractivity contribution in [3.05, 3.63) is 71.5 Å². The van der Waals surface area contributed by atoms with E-state index in [1.165, 1.54) is 6.92 Å². The third kappa shape index (κ3) is 4.95. The van der Waals surface area contributed by atoms with E-state index in [0.717, 1.165) is 47.8 Å². The summed E-state index contributed by atoms with van der Waals surface area (Å²) in [5.41, 5.74) is 3.69. The van der Waals surface area contributed by atoms with Crippen LogP contribution in [0.15, 0.2) is 65.7 Å². The summed E-state index contributed by atoms with van der Waals surface area (Å²) in [7, 11) is 0. The van der Waals surface area contributed by atoms with Crippen molar-refractivity contribution in [1.82, 2.24) is 20.2 Å². The topological polar surface area (TPSA) is 76.0 Å². The van der Waals surface area contributed by atoms with Crippen LogP contribution in [0.1, 0.15) is 53.3 Å². The summed E-state index contributed by atoms with van der Waals surface area (Å²) in [5, 5.41) is 6.07. The number of hydrogen-bond donors (Lipinski definition) is 2. The monoisotopic (exact) mass is 446 g/mol. The Morgan fingerprint density at radius 3 is 2.61 bits per heavy atom. The third-order valence-electron chi connectivity index (χ3n) is 6.95. The highest BCUT2D eigenvalue weighted by Gasteiger charge is 2.30. The van der Waals surface area contributed by atoms with E-state index in [2.05, 4.69) is 72.2 Å². The number of carbonyl (C=O) groups is 2. The fourth-order valence-electron chi connectivity index (χ4n) is 4.90. The van der Waals surface area contributed by atoms with Crippen LogP contribution < -0.4 is 10.6 Å². The maximum atomic E-state index is 13.0. The van der Waals surface area contributed by atoms with Crippen molar-refractivity contribution in [2.75, 3.05) is 0 Å². The van der Waals surface area contributed by atoms with E-state index < -0.39 is 0 Å². The van der Waals surface area contributed by atoms with Gasteiger partial charge >= 0.3 is 0 Å². The number of amides is 2. The Labute approximate surface area is 196 Å². The van der Waals surface area contributed by atoms with Crippen LogP contribution in [-0.4, -0.2) is 21.4 Å². The second-order valence-corrected chi connectivity index (χ2v) is 10.4. The lowest BCUT2D eigenvalue weighted by Crippen LogP contribution is -2.32. The molecule has 0 saturated carbocycles. The number of nitrogens with one attached hydrogen (secondary N) is 2. The average molecular weight is 447 g/mol. The van der Waals surface area contributed by atoms with Gasteiger partial charge < -0.3 is 15.2 Å². The van der Waals surface area contributed by atoms with Crippen LogP contribution >= 0.6 is 0 Å². The van der Waals surface area contributed by atoms with Crippen molar-refractivity contribution in [3.63, 3.8) is 0 Å². The molecule has 6 nitrogen and oxygen atoms in total. The van der Waals surface area contributed by atoms with E-state index in [1.807, 2.05) is 18.3 Å². The molecule has 33 heavy (non-hydrogen) atoms. The molecule has 0 saturated heterocycles. The average Bonchev–Trinajstić information content (AvgIpc) is 3.23. The number of allylic oxidation sites excluding steroid dienone is 6. The number of nitrogens with zero attached hydrogens (tertiary/aromatic N) is 2. The zero-order chi connectivity index (χ0) is 23.8. The molecule has 0 aromatic carbocycles. The lowest BCUT2D eigenvalue weighted by molar-refractivity contribution is -0.118. The van der Waals surface area contributed by atoms with E-state index >= 15 is 0 Å². The molecule has 0 fully saturated rings. The molecule has 3 unspecified atom stereocenters. The second kappa shape index (κ2) is 9.00. The molecule has 2 N–H and O–H groups in total.